The molecule has 0 N–H and O–H groups in total. The Hall–Kier alpha value is -2.40. The molecule has 21 heavy (non-hydrogen) atoms. The van der Waals surface area contributed by atoms with E-state index in [1.165, 1.54) is 13.2 Å². The number of methoxy groups -OCH3 is 1. The molecule has 0 spiro atoms. The molecular weight excluding hydrogens is 288 g/mol. The monoisotopic (exact) mass is 302 g/mol. The summed E-state index contributed by atoms with van der Waals surface area (Å²) in [4.78, 5) is 23.8. The zero-order chi connectivity index (χ0) is 15.1. The van der Waals surface area contributed by atoms with E-state index >= 15 is 0 Å². The van der Waals surface area contributed by atoms with Crippen LogP contribution in [-0.2, 0) is 20.7 Å². The number of rotatable bonds is 5. The van der Waals surface area contributed by atoms with Gasteiger partial charge in [0.25, 0.3) is 0 Å². The minimum Gasteiger partial charge on any atom is -0.469 e. The van der Waals surface area contributed by atoms with E-state index in [0.29, 0.717) is 5.75 Å². The van der Waals surface area contributed by atoms with E-state index in [1.807, 2.05) is 17.5 Å². The Bertz CT molecular complexity index is 627. The SMILES string of the molecule is COC(=O)Cc1ccc(OC(=O)/C=C/c2cccs2)cc1. The van der Waals surface area contributed by atoms with Gasteiger partial charge in [0.05, 0.1) is 13.5 Å². The van der Waals surface area contributed by atoms with Crippen molar-refractivity contribution < 1.29 is 19.1 Å². The van der Waals surface area contributed by atoms with Crippen LogP contribution < -0.4 is 4.74 Å². The molecule has 5 heteroatoms. The first-order chi connectivity index (χ1) is 10.2. The number of esters is 2. The molecule has 0 fully saturated rings. The lowest BCUT2D eigenvalue weighted by Gasteiger charge is -2.03. The molecule has 1 aromatic heterocycles. The van der Waals surface area contributed by atoms with Gasteiger partial charge >= 0.3 is 11.9 Å². The zero-order valence-corrected chi connectivity index (χ0v) is 12.3. The van der Waals surface area contributed by atoms with Crippen LogP contribution in [0.25, 0.3) is 6.08 Å². The van der Waals surface area contributed by atoms with Crippen molar-refractivity contribution in [2.45, 2.75) is 6.42 Å². The fraction of sp³-hybridized carbons (Fsp3) is 0.125. The van der Waals surface area contributed by atoms with Crippen LogP contribution in [-0.4, -0.2) is 19.0 Å². The first kappa shape index (κ1) is 15.0. The van der Waals surface area contributed by atoms with Crippen molar-refractivity contribution in [2.75, 3.05) is 7.11 Å². The summed E-state index contributed by atoms with van der Waals surface area (Å²) in [5.74, 6) is -0.313. The van der Waals surface area contributed by atoms with Crippen LogP contribution >= 0.6 is 11.3 Å². The summed E-state index contributed by atoms with van der Waals surface area (Å²) in [7, 11) is 1.35. The lowest BCUT2D eigenvalue weighted by atomic mass is 10.1. The van der Waals surface area contributed by atoms with Crippen LogP contribution in [0.2, 0.25) is 0 Å². The summed E-state index contributed by atoms with van der Waals surface area (Å²) in [6.07, 6.45) is 3.29. The van der Waals surface area contributed by atoms with Crippen molar-refractivity contribution in [1.82, 2.24) is 0 Å². The third-order valence-electron chi connectivity index (χ3n) is 2.64. The Kier molecular flexibility index (Phi) is 5.29. The normalized spacial score (nSPS) is 10.5. The average molecular weight is 302 g/mol. The molecule has 0 unspecified atom stereocenters. The van der Waals surface area contributed by atoms with Crippen LogP contribution in [0.1, 0.15) is 10.4 Å². The molecule has 1 aromatic carbocycles. The number of carbonyl (C=O) groups excluding carboxylic acids is 2. The summed E-state index contributed by atoms with van der Waals surface area (Å²) in [6, 6.07) is 10.6. The van der Waals surface area contributed by atoms with Gasteiger partial charge in [0.2, 0.25) is 0 Å². The molecule has 4 nitrogen and oxygen atoms in total. The van der Waals surface area contributed by atoms with Gasteiger partial charge in [-0.25, -0.2) is 4.79 Å². The van der Waals surface area contributed by atoms with E-state index in [4.69, 9.17) is 4.74 Å². The van der Waals surface area contributed by atoms with E-state index < -0.39 is 5.97 Å². The van der Waals surface area contributed by atoms with Crippen molar-refractivity contribution in [2.24, 2.45) is 0 Å². The molecule has 108 valence electrons. The average Bonchev–Trinajstić information content (AvgIpc) is 3.00. The molecule has 0 radical (unpaired) electrons. The molecule has 2 aromatic rings. The Labute approximate surface area is 126 Å². The molecule has 2 rings (SSSR count). The van der Waals surface area contributed by atoms with Crippen molar-refractivity contribution in [3.8, 4) is 5.75 Å². The molecule has 0 saturated carbocycles. The smallest absolute Gasteiger partial charge is 0.336 e. The number of thiophene rings is 1. The van der Waals surface area contributed by atoms with Gasteiger partial charge in [0.15, 0.2) is 0 Å². The molecule has 0 aliphatic heterocycles. The second-order valence-corrected chi connectivity index (χ2v) is 5.15. The van der Waals surface area contributed by atoms with Crippen molar-refractivity contribution >= 4 is 29.4 Å². The number of hydrogen-bond donors (Lipinski definition) is 0. The molecule has 0 aliphatic rings. The Morgan fingerprint density at radius 3 is 2.57 bits per heavy atom. The molecule has 1 heterocycles. The standard InChI is InChI=1S/C16H14O4S/c1-19-16(18)11-12-4-6-13(7-5-12)20-15(17)9-8-14-3-2-10-21-14/h2-10H,11H2,1H3/b9-8+. The van der Waals surface area contributed by atoms with Crippen molar-refractivity contribution in [3.05, 3.63) is 58.3 Å². The number of carbonyl (C=O) groups is 2. The van der Waals surface area contributed by atoms with Gasteiger partial charge < -0.3 is 9.47 Å². The number of ether oxygens (including phenoxy) is 2. The quantitative estimate of drug-likeness (QED) is 0.484. The van der Waals surface area contributed by atoms with Crippen LogP contribution in [0, 0.1) is 0 Å². The van der Waals surface area contributed by atoms with Crippen LogP contribution in [0.3, 0.4) is 0 Å². The first-order valence-electron chi connectivity index (χ1n) is 6.26. The van der Waals surface area contributed by atoms with Crippen LogP contribution in [0.4, 0.5) is 0 Å². The highest BCUT2D eigenvalue weighted by atomic mass is 32.1. The van der Waals surface area contributed by atoms with E-state index in [2.05, 4.69) is 4.74 Å². The molecule has 0 aliphatic carbocycles. The highest BCUT2D eigenvalue weighted by Crippen LogP contribution is 2.14. The van der Waals surface area contributed by atoms with Crippen LogP contribution in [0.5, 0.6) is 5.75 Å². The highest BCUT2D eigenvalue weighted by molar-refractivity contribution is 7.10. The lowest BCUT2D eigenvalue weighted by molar-refractivity contribution is -0.139. The van der Waals surface area contributed by atoms with Gasteiger partial charge in [-0.2, -0.15) is 0 Å². The summed E-state index contributed by atoms with van der Waals surface area (Å²) in [5.41, 5.74) is 0.802. The fourth-order valence-electron chi connectivity index (χ4n) is 1.60. The Morgan fingerprint density at radius 2 is 1.95 bits per heavy atom. The van der Waals surface area contributed by atoms with Gasteiger partial charge in [-0.15, -0.1) is 11.3 Å². The van der Waals surface area contributed by atoms with Crippen molar-refractivity contribution in [3.63, 3.8) is 0 Å². The van der Waals surface area contributed by atoms with Gasteiger partial charge in [-0.3, -0.25) is 4.79 Å². The summed E-state index contributed by atoms with van der Waals surface area (Å²) in [6.45, 7) is 0. The third kappa shape index (κ3) is 4.89. The van der Waals surface area contributed by atoms with Gasteiger partial charge in [0.1, 0.15) is 5.75 Å². The second kappa shape index (κ2) is 7.40. The molecule has 0 bridgehead atoms. The Balaban J connectivity index is 1.90. The van der Waals surface area contributed by atoms with Crippen molar-refractivity contribution in [1.29, 1.82) is 0 Å². The molecule has 0 amide bonds. The second-order valence-electron chi connectivity index (χ2n) is 4.17. The van der Waals surface area contributed by atoms with E-state index in [9.17, 15) is 9.59 Å². The summed E-state index contributed by atoms with van der Waals surface area (Å²) in [5, 5.41) is 1.94. The topological polar surface area (TPSA) is 52.6 Å². The maximum Gasteiger partial charge on any atom is 0.336 e. The van der Waals surface area contributed by atoms with E-state index in [1.54, 1.807) is 41.7 Å². The molecule has 0 saturated heterocycles. The van der Waals surface area contributed by atoms with Gasteiger partial charge in [0, 0.05) is 11.0 Å². The van der Waals surface area contributed by atoms with Crippen LogP contribution in [0.15, 0.2) is 47.9 Å². The Morgan fingerprint density at radius 1 is 1.19 bits per heavy atom. The minimum absolute atomic E-state index is 0.197. The largest absolute Gasteiger partial charge is 0.469 e. The third-order valence-corrected chi connectivity index (χ3v) is 3.48. The predicted molar refractivity (Wildman–Crippen MR) is 81.2 cm³/mol. The molecule has 0 atom stereocenters. The first-order valence-corrected chi connectivity index (χ1v) is 7.14. The number of hydrogen-bond acceptors (Lipinski definition) is 5. The predicted octanol–water partition coefficient (Wildman–Crippen LogP) is 3.08. The summed E-state index contributed by atoms with van der Waals surface area (Å²) >= 11 is 1.54. The highest BCUT2D eigenvalue weighted by Gasteiger charge is 2.04. The van der Waals surface area contributed by atoms with Gasteiger partial charge in [-0.1, -0.05) is 18.2 Å². The van der Waals surface area contributed by atoms with Gasteiger partial charge in [-0.05, 0) is 35.2 Å². The van der Waals surface area contributed by atoms with E-state index in [-0.39, 0.29) is 12.4 Å². The number of benzene rings is 1. The maximum absolute atomic E-state index is 11.6. The maximum atomic E-state index is 11.6. The minimum atomic E-state index is -0.441. The summed E-state index contributed by atoms with van der Waals surface area (Å²) < 4.78 is 9.75. The van der Waals surface area contributed by atoms with E-state index in [0.717, 1.165) is 10.4 Å². The lowest BCUT2D eigenvalue weighted by Crippen LogP contribution is -2.05. The molecular formula is C16H14O4S. The fourth-order valence-corrected chi connectivity index (χ4v) is 2.22. The zero-order valence-electron chi connectivity index (χ0n) is 11.4.